The van der Waals surface area contributed by atoms with E-state index in [-0.39, 0.29) is 17.4 Å². The SMILES string of the molecule is COc1cc(C(=O)O)cc(-c2cc3c(cc2OC)CSc2c(C(=O)N(C)C(C)(C)C)nn(-c4cc(Cl)cc(Cl)c4)c2-3)n1. The van der Waals surface area contributed by atoms with Crippen LogP contribution in [0.1, 0.15) is 47.2 Å². The Morgan fingerprint density at radius 2 is 1.69 bits per heavy atom. The minimum absolute atomic E-state index is 0.0181. The van der Waals surface area contributed by atoms with Gasteiger partial charge >= 0.3 is 5.97 Å². The minimum Gasteiger partial charge on any atom is -0.496 e. The van der Waals surface area contributed by atoms with Gasteiger partial charge in [0.05, 0.1) is 41.8 Å². The van der Waals surface area contributed by atoms with Crippen molar-refractivity contribution in [1.29, 1.82) is 0 Å². The number of pyridine rings is 1. The maximum absolute atomic E-state index is 13.8. The summed E-state index contributed by atoms with van der Waals surface area (Å²) in [5.74, 6) is -0.134. The summed E-state index contributed by atoms with van der Waals surface area (Å²) in [5.41, 5.74) is 3.76. The van der Waals surface area contributed by atoms with Crippen LogP contribution in [0.15, 0.2) is 47.4 Å². The van der Waals surface area contributed by atoms with Gasteiger partial charge in [0, 0.05) is 45.6 Å². The van der Waals surface area contributed by atoms with Crippen LogP contribution in [-0.4, -0.2) is 63.5 Å². The van der Waals surface area contributed by atoms with Crippen LogP contribution in [-0.2, 0) is 5.75 Å². The number of ether oxygens (including phenoxy) is 2. The van der Waals surface area contributed by atoms with E-state index >= 15 is 0 Å². The fourth-order valence-corrected chi connectivity index (χ4v) is 6.23. The number of carboxylic acids is 1. The molecule has 4 aromatic rings. The zero-order valence-corrected chi connectivity index (χ0v) is 26.1. The van der Waals surface area contributed by atoms with E-state index in [9.17, 15) is 14.7 Å². The van der Waals surface area contributed by atoms with Gasteiger partial charge in [-0.05, 0) is 62.7 Å². The van der Waals surface area contributed by atoms with Crippen LogP contribution in [0.3, 0.4) is 0 Å². The number of aromatic nitrogens is 3. The smallest absolute Gasteiger partial charge is 0.335 e. The van der Waals surface area contributed by atoms with E-state index in [1.165, 1.54) is 31.0 Å². The van der Waals surface area contributed by atoms with Crippen molar-refractivity contribution in [3.8, 4) is 39.8 Å². The summed E-state index contributed by atoms with van der Waals surface area (Å²) >= 11 is 14.3. The van der Waals surface area contributed by atoms with Gasteiger partial charge in [-0.3, -0.25) is 4.79 Å². The molecule has 3 heterocycles. The van der Waals surface area contributed by atoms with E-state index in [2.05, 4.69) is 4.98 Å². The molecule has 1 aliphatic heterocycles. The third-order valence-electron chi connectivity index (χ3n) is 7.03. The number of rotatable bonds is 6. The van der Waals surface area contributed by atoms with E-state index in [0.717, 1.165) is 11.1 Å². The van der Waals surface area contributed by atoms with Crippen molar-refractivity contribution in [2.75, 3.05) is 21.3 Å². The quantitative estimate of drug-likeness (QED) is 0.241. The first-order valence-electron chi connectivity index (χ1n) is 12.8. The predicted octanol–water partition coefficient (Wildman–Crippen LogP) is 7.10. The number of amides is 1. The topological polar surface area (TPSA) is 107 Å². The summed E-state index contributed by atoms with van der Waals surface area (Å²) in [6.45, 7) is 5.87. The highest BCUT2D eigenvalue weighted by atomic mass is 35.5. The molecule has 5 rings (SSSR count). The van der Waals surface area contributed by atoms with Gasteiger partial charge in [0.15, 0.2) is 5.69 Å². The molecule has 0 saturated carbocycles. The Kier molecular flexibility index (Phi) is 7.91. The third kappa shape index (κ3) is 5.42. The first-order valence-corrected chi connectivity index (χ1v) is 14.6. The molecule has 42 heavy (non-hydrogen) atoms. The third-order valence-corrected chi connectivity index (χ3v) is 8.60. The number of benzene rings is 2. The van der Waals surface area contributed by atoms with Crippen molar-refractivity contribution in [2.24, 2.45) is 0 Å². The Morgan fingerprint density at radius 1 is 1.00 bits per heavy atom. The van der Waals surface area contributed by atoms with Gasteiger partial charge in [0.25, 0.3) is 5.91 Å². The van der Waals surface area contributed by atoms with Gasteiger partial charge < -0.3 is 19.5 Å². The number of thioether (sulfide) groups is 1. The molecule has 0 aliphatic carbocycles. The summed E-state index contributed by atoms with van der Waals surface area (Å²) < 4.78 is 12.7. The molecule has 0 radical (unpaired) electrons. The Morgan fingerprint density at radius 3 is 2.29 bits per heavy atom. The monoisotopic (exact) mass is 626 g/mol. The van der Waals surface area contributed by atoms with Crippen LogP contribution in [0.25, 0.3) is 28.2 Å². The average Bonchev–Trinajstić information content (AvgIpc) is 3.34. The number of hydrogen-bond donors (Lipinski definition) is 1. The normalized spacial score (nSPS) is 12.4. The maximum atomic E-state index is 13.8. The fourth-order valence-electron chi connectivity index (χ4n) is 4.58. The maximum Gasteiger partial charge on any atom is 0.335 e. The molecule has 2 aromatic carbocycles. The Hall–Kier alpha value is -3.73. The second-order valence-corrected chi connectivity index (χ2v) is 12.5. The Bertz CT molecular complexity index is 1730. The van der Waals surface area contributed by atoms with E-state index in [0.29, 0.717) is 54.8 Å². The van der Waals surface area contributed by atoms with Gasteiger partial charge in [0.2, 0.25) is 5.88 Å². The molecular formula is C30H28Cl2N4O5S. The second kappa shape index (κ2) is 11.2. The Labute approximate surface area is 257 Å². The zero-order chi connectivity index (χ0) is 30.5. The van der Waals surface area contributed by atoms with E-state index in [1.54, 1.807) is 41.9 Å². The van der Waals surface area contributed by atoms with Gasteiger partial charge in [-0.15, -0.1) is 11.8 Å². The summed E-state index contributed by atoms with van der Waals surface area (Å²) in [6, 6.07) is 11.7. The first kappa shape index (κ1) is 29.8. The molecule has 9 nitrogen and oxygen atoms in total. The molecule has 0 spiro atoms. The molecule has 1 aliphatic rings. The number of nitrogens with zero attached hydrogens (tertiary/aromatic N) is 4. The summed E-state index contributed by atoms with van der Waals surface area (Å²) in [7, 11) is 4.72. The number of carbonyl (C=O) groups excluding carboxylic acids is 1. The highest BCUT2D eigenvalue weighted by molar-refractivity contribution is 7.98. The fraction of sp³-hybridized carbons (Fsp3) is 0.267. The van der Waals surface area contributed by atoms with Crippen LogP contribution >= 0.6 is 35.0 Å². The van der Waals surface area contributed by atoms with Crippen molar-refractivity contribution in [3.05, 3.63) is 69.3 Å². The van der Waals surface area contributed by atoms with Crippen molar-refractivity contribution < 1.29 is 24.2 Å². The highest BCUT2D eigenvalue weighted by Crippen LogP contribution is 2.48. The number of carbonyl (C=O) groups is 2. The zero-order valence-electron chi connectivity index (χ0n) is 23.8. The van der Waals surface area contributed by atoms with Crippen LogP contribution in [0.2, 0.25) is 10.0 Å². The van der Waals surface area contributed by atoms with E-state index in [1.807, 2.05) is 32.9 Å². The molecule has 1 N–H and O–H groups in total. The van der Waals surface area contributed by atoms with Crippen LogP contribution in [0.4, 0.5) is 0 Å². The number of methoxy groups -OCH3 is 2. The van der Waals surface area contributed by atoms with Crippen molar-refractivity contribution >= 4 is 46.8 Å². The second-order valence-electron chi connectivity index (χ2n) is 10.7. The van der Waals surface area contributed by atoms with Crippen molar-refractivity contribution in [2.45, 2.75) is 37.0 Å². The lowest BCUT2D eigenvalue weighted by molar-refractivity contribution is 0.0644. The van der Waals surface area contributed by atoms with Gasteiger partial charge in [0.1, 0.15) is 5.75 Å². The summed E-state index contributed by atoms with van der Waals surface area (Å²) in [6.07, 6.45) is 0. The van der Waals surface area contributed by atoms with E-state index < -0.39 is 11.5 Å². The van der Waals surface area contributed by atoms with Crippen LogP contribution in [0, 0.1) is 0 Å². The van der Waals surface area contributed by atoms with Crippen LogP contribution in [0.5, 0.6) is 11.6 Å². The minimum atomic E-state index is -1.12. The summed E-state index contributed by atoms with van der Waals surface area (Å²) in [5, 5.41) is 15.4. The lowest BCUT2D eigenvalue weighted by Crippen LogP contribution is -2.42. The molecule has 1 amide bonds. The van der Waals surface area contributed by atoms with Gasteiger partial charge in [-0.2, -0.15) is 5.10 Å². The van der Waals surface area contributed by atoms with Crippen LogP contribution < -0.4 is 9.47 Å². The lowest BCUT2D eigenvalue weighted by atomic mass is 9.97. The number of halogens is 2. The predicted molar refractivity (Wildman–Crippen MR) is 164 cm³/mol. The average molecular weight is 628 g/mol. The molecule has 0 bridgehead atoms. The van der Waals surface area contributed by atoms with Gasteiger partial charge in [-0.1, -0.05) is 23.2 Å². The number of hydrogen-bond acceptors (Lipinski definition) is 7. The van der Waals surface area contributed by atoms with Crippen molar-refractivity contribution in [1.82, 2.24) is 19.7 Å². The Balaban J connectivity index is 1.81. The number of fused-ring (bicyclic) bond motifs is 3. The largest absolute Gasteiger partial charge is 0.496 e. The molecule has 12 heteroatoms. The molecule has 0 atom stereocenters. The lowest BCUT2D eigenvalue weighted by Gasteiger charge is -2.31. The van der Waals surface area contributed by atoms with Crippen molar-refractivity contribution in [3.63, 3.8) is 0 Å². The number of aromatic carboxylic acids is 1. The molecule has 218 valence electrons. The molecular weight excluding hydrogens is 599 g/mol. The summed E-state index contributed by atoms with van der Waals surface area (Å²) in [4.78, 5) is 32.6. The molecule has 0 fully saturated rings. The standard InChI is InChI=1S/C30H28Cl2N4O5S/c1-30(2,3)35(4)28(37)25-27-26(36(34-25)19-11-17(31)10-18(32)12-19)20-13-21(23(40-5)8-16(20)14-42-27)22-7-15(29(38)39)9-24(33-22)41-6/h7-13H,14H2,1-6H3,(H,38,39). The van der Waals surface area contributed by atoms with E-state index in [4.69, 9.17) is 37.8 Å². The highest BCUT2D eigenvalue weighted by Gasteiger charge is 2.34. The molecule has 0 saturated heterocycles. The van der Waals surface area contributed by atoms with Gasteiger partial charge in [-0.25, -0.2) is 14.5 Å². The molecule has 0 unspecified atom stereocenters. The first-order chi connectivity index (χ1) is 19.8. The molecule has 2 aromatic heterocycles. The number of carboxylic acid groups (broad SMARTS) is 1.